The molecule has 0 radical (unpaired) electrons. The van der Waals surface area contributed by atoms with Crippen LogP contribution in [0.2, 0.25) is 0 Å². The zero-order valence-electron chi connectivity index (χ0n) is 10.9. The van der Waals surface area contributed by atoms with E-state index in [1.807, 2.05) is 6.07 Å². The summed E-state index contributed by atoms with van der Waals surface area (Å²) in [5.74, 6) is -0.950. The third kappa shape index (κ3) is 2.13. The SMILES string of the molecule is N#Cc1ccc2[nH]cc(C(=O)c3ccc(N)c(F)c3)c2c1. The van der Waals surface area contributed by atoms with Crippen LogP contribution < -0.4 is 5.73 Å². The number of nitriles is 1. The molecule has 1 aromatic heterocycles. The van der Waals surface area contributed by atoms with Gasteiger partial charge in [0, 0.05) is 28.2 Å². The first kappa shape index (κ1) is 12.9. The molecule has 0 saturated heterocycles. The quantitative estimate of drug-likeness (QED) is 0.558. The monoisotopic (exact) mass is 279 g/mol. The molecule has 0 spiro atoms. The Balaban J connectivity index is 2.13. The van der Waals surface area contributed by atoms with E-state index in [1.165, 1.54) is 12.1 Å². The van der Waals surface area contributed by atoms with E-state index in [1.54, 1.807) is 24.4 Å². The molecule has 2 aromatic carbocycles. The lowest BCUT2D eigenvalue weighted by atomic mass is 10.0. The van der Waals surface area contributed by atoms with Gasteiger partial charge in [0.1, 0.15) is 5.82 Å². The molecule has 21 heavy (non-hydrogen) atoms. The number of nitrogen functional groups attached to an aromatic ring is 1. The molecular formula is C16H10FN3O. The fourth-order valence-electron chi connectivity index (χ4n) is 2.20. The Bertz CT molecular complexity index is 906. The van der Waals surface area contributed by atoms with Crippen molar-refractivity contribution in [2.45, 2.75) is 0 Å². The maximum atomic E-state index is 13.5. The van der Waals surface area contributed by atoms with E-state index in [0.717, 1.165) is 11.6 Å². The fraction of sp³-hybridized carbons (Fsp3) is 0. The Kier molecular flexibility index (Phi) is 2.92. The summed E-state index contributed by atoms with van der Waals surface area (Å²) in [4.78, 5) is 15.4. The Hall–Kier alpha value is -3.13. The van der Waals surface area contributed by atoms with Crippen LogP contribution in [0.5, 0.6) is 0 Å². The number of nitrogens with two attached hydrogens (primary N) is 1. The second kappa shape index (κ2) is 4.76. The molecule has 0 atom stereocenters. The fourth-order valence-corrected chi connectivity index (χ4v) is 2.20. The standard InChI is InChI=1S/C16H10FN3O/c17-13-6-10(2-3-14(13)19)16(21)12-8-20-15-4-1-9(7-18)5-11(12)15/h1-6,8,20H,19H2. The van der Waals surface area contributed by atoms with Gasteiger partial charge in [-0.3, -0.25) is 4.79 Å². The number of nitrogens with zero attached hydrogens (tertiary/aromatic N) is 1. The third-order valence-electron chi connectivity index (χ3n) is 3.32. The highest BCUT2D eigenvalue weighted by Gasteiger charge is 2.15. The van der Waals surface area contributed by atoms with E-state index in [-0.39, 0.29) is 17.0 Å². The summed E-state index contributed by atoms with van der Waals surface area (Å²) >= 11 is 0. The van der Waals surface area contributed by atoms with Crippen molar-refractivity contribution in [1.29, 1.82) is 5.26 Å². The molecule has 0 aliphatic carbocycles. The van der Waals surface area contributed by atoms with Crippen molar-refractivity contribution in [2.24, 2.45) is 0 Å². The number of carbonyl (C=O) groups excluding carboxylic acids is 1. The topological polar surface area (TPSA) is 82.7 Å². The molecule has 0 unspecified atom stereocenters. The Morgan fingerprint density at radius 1 is 1.24 bits per heavy atom. The summed E-state index contributed by atoms with van der Waals surface area (Å²) in [6, 6.07) is 11.0. The number of fused-ring (bicyclic) bond motifs is 1. The van der Waals surface area contributed by atoms with E-state index in [2.05, 4.69) is 4.98 Å². The highest BCUT2D eigenvalue weighted by Crippen LogP contribution is 2.23. The predicted molar refractivity (Wildman–Crippen MR) is 77.3 cm³/mol. The summed E-state index contributed by atoms with van der Waals surface area (Å²) < 4.78 is 13.5. The largest absolute Gasteiger partial charge is 0.396 e. The van der Waals surface area contributed by atoms with E-state index in [9.17, 15) is 9.18 Å². The molecule has 3 N–H and O–H groups in total. The number of carbonyl (C=O) groups is 1. The number of H-pyrrole nitrogens is 1. The van der Waals surface area contributed by atoms with Crippen molar-refractivity contribution in [1.82, 2.24) is 4.98 Å². The summed E-state index contributed by atoms with van der Waals surface area (Å²) in [6.07, 6.45) is 1.56. The minimum atomic E-state index is -0.626. The molecule has 3 aromatic rings. The van der Waals surface area contributed by atoms with Gasteiger partial charge in [-0.15, -0.1) is 0 Å². The first-order valence-electron chi connectivity index (χ1n) is 6.21. The van der Waals surface area contributed by atoms with E-state index in [4.69, 9.17) is 11.0 Å². The Morgan fingerprint density at radius 2 is 2.05 bits per heavy atom. The van der Waals surface area contributed by atoms with Crippen LogP contribution in [0.25, 0.3) is 10.9 Å². The van der Waals surface area contributed by atoms with Gasteiger partial charge >= 0.3 is 0 Å². The highest BCUT2D eigenvalue weighted by molar-refractivity contribution is 6.16. The van der Waals surface area contributed by atoms with Gasteiger partial charge in [-0.25, -0.2) is 4.39 Å². The number of anilines is 1. The summed E-state index contributed by atoms with van der Waals surface area (Å²) in [5.41, 5.74) is 7.21. The zero-order chi connectivity index (χ0) is 15.0. The lowest BCUT2D eigenvalue weighted by Gasteiger charge is -2.02. The normalized spacial score (nSPS) is 10.5. The molecule has 102 valence electrons. The Morgan fingerprint density at radius 3 is 2.76 bits per heavy atom. The number of rotatable bonds is 2. The zero-order valence-corrected chi connectivity index (χ0v) is 10.9. The summed E-state index contributed by atoms with van der Waals surface area (Å²) in [6.45, 7) is 0. The third-order valence-corrected chi connectivity index (χ3v) is 3.32. The van der Waals surface area contributed by atoms with Crippen molar-refractivity contribution in [3.63, 3.8) is 0 Å². The summed E-state index contributed by atoms with van der Waals surface area (Å²) in [7, 11) is 0. The molecular weight excluding hydrogens is 269 g/mol. The van der Waals surface area contributed by atoms with Gasteiger partial charge in [-0.1, -0.05) is 0 Å². The number of benzene rings is 2. The van der Waals surface area contributed by atoms with E-state index >= 15 is 0 Å². The molecule has 0 aliphatic heterocycles. The van der Waals surface area contributed by atoms with Crippen molar-refractivity contribution in [3.8, 4) is 6.07 Å². The number of hydrogen-bond acceptors (Lipinski definition) is 3. The van der Waals surface area contributed by atoms with Crippen LogP contribution in [-0.2, 0) is 0 Å². The van der Waals surface area contributed by atoms with Gasteiger partial charge in [-0.05, 0) is 36.4 Å². The number of ketones is 1. The molecule has 0 saturated carbocycles. The lowest BCUT2D eigenvalue weighted by molar-refractivity contribution is 0.104. The van der Waals surface area contributed by atoms with Crippen LogP contribution in [0.3, 0.4) is 0 Å². The molecule has 0 bridgehead atoms. The molecule has 0 amide bonds. The number of nitrogens with one attached hydrogen (secondary N) is 1. The van der Waals surface area contributed by atoms with Crippen molar-refractivity contribution >= 4 is 22.4 Å². The lowest BCUT2D eigenvalue weighted by Crippen LogP contribution is -2.02. The van der Waals surface area contributed by atoms with Gasteiger partial charge in [0.25, 0.3) is 0 Å². The smallest absolute Gasteiger partial charge is 0.195 e. The molecule has 0 fully saturated rings. The van der Waals surface area contributed by atoms with Crippen LogP contribution in [-0.4, -0.2) is 10.8 Å². The number of aromatic nitrogens is 1. The minimum absolute atomic E-state index is 0.00255. The predicted octanol–water partition coefficient (Wildman–Crippen LogP) is 2.99. The van der Waals surface area contributed by atoms with Gasteiger partial charge < -0.3 is 10.7 Å². The van der Waals surface area contributed by atoms with Crippen LogP contribution in [0.1, 0.15) is 21.5 Å². The average molecular weight is 279 g/mol. The van der Waals surface area contributed by atoms with Gasteiger partial charge in [-0.2, -0.15) is 5.26 Å². The van der Waals surface area contributed by atoms with E-state index in [0.29, 0.717) is 16.5 Å². The minimum Gasteiger partial charge on any atom is -0.396 e. The summed E-state index contributed by atoms with van der Waals surface area (Å²) in [5, 5.41) is 9.57. The maximum absolute atomic E-state index is 13.5. The van der Waals surface area contributed by atoms with Gasteiger partial charge in [0.15, 0.2) is 5.78 Å². The van der Waals surface area contributed by atoms with E-state index < -0.39 is 5.82 Å². The number of halogens is 1. The molecule has 1 heterocycles. The van der Waals surface area contributed by atoms with Crippen LogP contribution >= 0.6 is 0 Å². The average Bonchev–Trinajstić information content (AvgIpc) is 2.92. The highest BCUT2D eigenvalue weighted by atomic mass is 19.1. The molecule has 0 aliphatic rings. The van der Waals surface area contributed by atoms with Gasteiger partial charge in [0.05, 0.1) is 17.3 Å². The van der Waals surface area contributed by atoms with Crippen LogP contribution in [0, 0.1) is 17.1 Å². The first-order valence-corrected chi connectivity index (χ1v) is 6.21. The maximum Gasteiger partial charge on any atom is 0.195 e. The first-order chi connectivity index (χ1) is 10.1. The Labute approximate surface area is 119 Å². The second-order valence-electron chi connectivity index (χ2n) is 4.64. The number of aromatic amines is 1. The molecule has 4 nitrogen and oxygen atoms in total. The molecule has 3 rings (SSSR count). The van der Waals surface area contributed by atoms with Crippen molar-refractivity contribution < 1.29 is 9.18 Å². The molecule has 5 heteroatoms. The van der Waals surface area contributed by atoms with Gasteiger partial charge in [0.2, 0.25) is 0 Å². The second-order valence-corrected chi connectivity index (χ2v) is 4.64. The van der Waals surface area contributed by atoms with Crippen LogP contribution in [0.15, 0.2) is 42.6 Å². The van der Waals surface area contributed by atoms with Crippen molar-refractivity contribution in [2.75, 3.05) is 5.73 Å². The number of hydrogen-bond donors (Lipinski definition) is 2. The van der Waals surface area contributed by atoms with Crippen molar-refractivity contribution in [3.05, 3.63) is 65.1 Å². The van der Waals surface area contributed by atoms with Crippen LogP contribution in [0.4, 0.5) is 10.1 Å².